The minimum Gasteiger partial charge on any atom is -0.357 e. The summed E-state index contributed by atoms with van der Waals surface area (Å²) in [7, 11) is 0. The van der Waals surface area contributed by atoms with Crippen LogP contribution in [0.25, 0.3) is 5.65 Å². The van der Waals surface area contributed by atoms with E-state index in [1.807, 2.05) is 28.8 Å². The maximum absolute atomic E-state index is 4.66. The molecule has 7 heteroatoms. The molecule has 0 aromatic carbocycles. The molecule has 0 saturated carbocycles. The summed E-state index contributed by atoms with van der Waals surface area (Å²) in [6.45, 7) is 5.70. The summed E-state index contributed by atoms with van der Waals surface area (Å²) in [6, 6.07) is 10.3. The van der Waals surface area contributed by atoms with E-state index in [1.165, 1.54) is 4.88 Å². The molecular formula is C17H22N6S. The number of pyridine rings is 1. The number of nitrogens with zero attached hydrogens (tertiary/aromatic N) is 4. The van der Waals surface area contributed by atoms with Crippen LogP contribution in [0.15, 0.2) is 46.9 Å². The van der Waals surface area contributed by atoms with Crippen LogP contribution in [-0.4, -0.2) is 33.6 Å². The second-order valence-electron chi connectivity index (χ2n) is 5.44. The average molecular weight is 342 g/mol. The quantitative estimate of drug-likeness (QED) is 0.534. The minimum atomic E-state index is 0.233. The standard InChI is InChI=1S/C17H22N6S/c1-3-18-17(20-13(2)14-7-6-12-24-14)19-10-9-16-22-21-15-8-4-5-11-23(15)16/h4-8,11-13H,3,9-10H2,1-2H3,(H2,18,19,20). The summed E-state index contributed by atoms with van der Waals surface area (Å²) >= 11 is 1.75. The summed E-state index contributed by atoms with van der Waals surface area (Å²) in [5.41, 5.74) is 0.868. The van der Waals surface area contributed by atoms with Crippen molar-refractivity contribution in [1.82, 2.24) is 25.2 Å². The average Bonchev–Trinajstić information content (AvgIpc) is 3.25. The molecule has 3 aromatic rings. The van der Waals surface area contributed by atoms with Crippen LogP contribution in [0, 0.1) is 0 Å². The van der Waals surface area contributed by atoms with E-state index in [4.69, 9.17) is 0 Å². The van der Waals surface area contributed by atoms with Crippen molar-refractivity contribution in [2.24, 2.45) is 4.99 Å². The highest BCUT2D eigenvalue weighted by Gasteiger charge is 2.09. The third-order valence-electron chi connectivity index (χ3n) is 3.66. The van der Waals surface area contributed by atoms with Gasteiger partial charge in [0.25, 0.3) is 0 Å². The summed E-state index contributed by atoms with van der Waals surface area (Å²) in [4.78, 5) is 5.96. The lowest BCUT2D eigenvalue weighted by Crippen LogP contribution is -2.38. The van der Waals surface area contributed by atoms with Crippen molar-refractivity contribution in [2.45, 2.75) is 26.3 Å². The number of hydrogen-bond acceptors (Lipinski definition) is 4. The molecule has 6 nitrogen and oxygen atoms in total. The third kappa shape index (κ3) is 3.91. The Morgan fingerprint density at radius 2 is 2.21 bits per heavy atom. The number of thiophene rings is 1. The number of hydrogen-bond donors (Lipinski definition) is 2. The minimum absolute atomic E-state index is 0.233. The molecule has 0 spiro atoms. The maximum Gasteiger partial charge on any atom is 0.191 e. The summed E-state index contributed by atoms with van der Waals surface area (Å²) in [6.07, 6.45) is 2.73. The summed E-state index contributed by atoms with van der Waals surface area (Å²) in [5, 5.41) is 17.2. The fraction of sp³-hybridized carbons (Fsp3) is 0.353. The first kappa shape index (κ1) is 16.4. The molecule has 0 aliphatic rings. The van der Waals surface area contributed by atoms with Gasteiger partial charge in [0.05, 0.1) is 6.04 Å². The van der Waals surface area contributed by atoms with Gasteiger partial charge in [0.1, 0.15) is 5.82 Å². The fourth-order valence-electron chi connectivity index (χ4n) is 2.46. The van der Waals surface area contributed by atoms with Crippen molar-refractivity contribution in [3.8, 4) is 0 Å². The lowest BCUT2D eigenvalue weighted by atomic mass is 10.3. The lowest BCUT2D eigenvalue weighted by molar-refractivity contribution is 0.696. The second kappa shape index (κ2) is 7.92. The molecule has 24 heavy (non-hydrogen) atoms. The number of aromatic nitrogens is 3. The van der Waals surface area contributed by atoms with Gasteiger partial charge in [-0.15, -0.1) is 21.5 Å². The van der Waals surface area contributed by atoms with E-state index in [-0.39, 0.29) is 6.04 Å². The third-order valence-corrected chi connectivity index (χ3v) is 4.71. The normalized spacial score (nSPS) is 13.2. The first-order valence-electron chi connectivity index (χ1n) is 8.15. The molecule has 126 valence electrons. The number of fused-ring (bicyclic) bond motifs is 1. The molecule has 3 aromatic heterocycles. The van der Waals surface area contributed by atoms with Crippen LogP contribution in [-0.2, 0) is 6.42 Å². The summed E-state index contributed by atoms with van der Waals surface area (Å²) in [5.74, 6) is 1.75. The van der Waals surface area contributed by atoms with Gasteiger partial charge in [-0.25, -0.2) is 0 Å². The predicted molar refractivity (Wildman–Crippen MR) is 98.5 cm³/mol. The number of rotatable bonds is 6. The number of guanidine groups is 1. The molecule has 0 saturated heterocycles. The molecule has 0 bridgehead atoms. The number of aliphatic imine (C=N–C) groups is 1. The predicted octanol–water partition coefficient (Wildman–Crippen LogP) is 2.65. The molecule has 1 atom stereocenters. The van der Waals surface area contributed by atoms with Gasteiger partial charge in [0.15, 0.2) is 11.6 Å². The van der Waals surface area contributed by atoms with Crippen LogP contribution in [0.5, 0.6) is 0 Å². The molecular weight excluding hydrogens is 320 g/mol. The van der Waals surface area contributed by atoms with E-state index in [0.29, 0.717) is 6.54 Å². The van der Waals surface area contributed by atoms with Crippen LogP contribution in [0.4, 0.5) is 0 Å². The highest BCUT2D eigenvalue weighted by Crippen LogP contribution is 2.17. The highest BCUT2D eigenvalue weighted by atomic mass is 32.1. The van der Waals surface area contributed by atoms with E-state index in [1.54, 1.807) is 11.3 Å². The van der Waals surface area contributed by atoms with Crippen molar-refractivity contribution in [3.05, 3.63) is 52.6 Å². The maximum atomic E-state index is 4.66. The largest absolute Gasteiger partial charge is 0.357 e. The Morgan fingerprint density at radius 1 is 1.29 bits per heavy atom. The first-order valence-corrected chi connectivity index (χ1v) is 9.02. The van der Waals surface area contributed by atoms with Gasteiger partial charge in [0, 0.05) is 30.6 Å². The van der Waals surface area contributed by atoms with E-state index < -0.39 is 0 Å². The Morgan fingerprint density at radius 3 is 3.00 bits per heavy atom. The Bertz CT molecular complexity index is 792. The van der Waals surface area contributed by atoms with Gasteiger partial charge in [-0.3, -0.25) is 9.39 Å². The molecule has 1 unspecified atom stereocenters. The smallest absolute Gasteiger partial charge is 0.191 e. The van der Waals surface area contributed by atoms with Crippen molar-refractivity contribution >= 4 is 22.9 Å². The highest BCUT2D eigenvalue weighted by molar-refractivity contribution is 7.10. The topological polar surface area (TPSA) is 66.6 Å². The zero-order valence-electron chi connectivity index (χ0n) is 13.9. The number of nitrogens with one attached hydrogen (secondary N) is 2. The Balaban J connectivity index is 1.63. The Labute approximate surface area is 145 Å². The Hall–Kier alpha value is -2.41. The van der Waals surface area contributed by atoms with Gasteiger partial charge in [-0.05, 0) is 37.4 Å². The second-order valence-corrected chi connectivity index (χ2v) is 6.42. The molecule has 0 aliphatic heterocycles. The van der Waals surface area contributed by atoms with Crippen LogP contribution >= 0.6 is 11.3 Å². The molecule has 0 aliphatic carbocycles. The zero-order valence-corrected chi connectivity index (χ0v) is 14.8. The fourth-order valence-corrected chi connectivity index (χ4v) is 3.20. The van der Waals surface area contributed by atoms with Crippen molar-refractivity contribution in [1.29, 1.82) is 0 Å². The molecule has 0 fully saturated rings. The molecule has 3 heterocycles. The van der Waals surface area contributed by atoms with Crippen molar-refractivity contribution in [2.75, 3.05) is 13.1 Å². The SMILES string of the molecule is CCNC(=NCCc1nnc2ccccn12)NC(C)c1cccs1. The van der Waals surface area contributed by atoms with Gasteiger partial charge in [-0.2, -0.15) is 0 Å². The van der Waals surface area contributed by atoms with Crippen LogP contribution < -0.4 is 10.6 Å². The van der Waals surface area contributed by atoms with Gasteiger partial charge < -0.3 is 10.6 Å². The zero-order chi connectivity index (χ0) is 16.8. The van der Waals surface area contributed by atoms with E-state index in [2.05, 4.69) is 57.2 Å². The van der Waals surface area contributed by atoms with Crippen LogP contribution in [0.2, 0.25) is 0 Å². The first-order chi connectivity index (χ1) is 11.8. The monoisotopic (exact) mass is 342 g/mol. The van der Waals surface area contributed by atoms with E-state index in [9.17, 15) is 0 Å². The van der Waals surface area contributed by atoms with Crippen molar-refractivity contribution in [3.63, 3.8) is 0 Å². The summed E-state index contributed by atoms with van der Waals surface area (Å²) < 4.78 is 2.00. The molecule has 0 radical (unpaired) electrons. The lowest BCUT2D eigenvalue weighted by Gasteiger charge is -2.16. The van der Waals surface area contributed by atoms with Gasteiger partial charge >= 0.3 is 0 Å². The molecule has 3 rings (SSSR count). The van der Waals surface area contributed by atoms with Gasteiger partial charge in [0.2, 0.25) is 0 Å². The van der Waals surface area contributed by atoms with E-state index in [0.717, 1.165) is 30.4 Å². The Kier molecular flexibility index (Phi) is 5.43. The van der Waals surface area contributed by atoms with Gasteiger partial charge in [-0.1, -0.05) is 12.1 Å². The van der Waals surface area contributed by atoms with Crippen LogP contribution in [0.1, 0.15) is 30.6 Å². The molecule has 2 N–H and O–H groups in total. The van der Waals surface area contributed by atoms with Crippen molar-refractivity contribution < 1.29 is 0 Å². The van der Waals surface area contributed by atoms with Crippen LogP contribution in [0.3, 0.4) is 0 Å². The van der Waals surface area contributed by atoms with E-state index >= 15 is 0 Å². The molecule has 0 amide bonds.